The quantitative estimate of drug-likeness (QED) is 0.194. The van der Waals surface area contributed by atoms with Crippen molar-refractivity contribution >= 4 is 44.0 Å². The van der Waals surface area contributed by atoms with Crippen molar-refractivity contribution in [3.63, 3.8) is 0 Å². The van der Waals surface area contributed by atoms with Gasteiger partial charge in [-0.1, -0.05) is 135 Å². The first-order valence-corrected chi connectivity index (χ1v) is 16.4. The summed E-state index contributed by atoms with van der Waals surface area (Å²) in [5.74, 6) is 0. The minimum Gasteiger partial charge on any atom is -0.345 e. The summed E-state index contributed by atoms with van der Waals surface area (Å²) in [7, 11) is 2.16. The SMILES string of the molecule is Cc1ccc(N(C)c2ccc3c(c2)C(C)(C)c2cc(-n4c5ccccc5c5ccccc54)c4ccccc4c2-3)cc1.c1ccccc1. The zero-order chi connectivity index (χ0) is 32.1. The summed E-state index contributed by atoms with van der Waals surface area (Å²) in [5, 5.41) is 5.17. The first kappa shape index (κ1) is 28.8. The average Bonchev–Trinajstić information content (AvgIpc) is 3.57. The molecule has 7 aromatic carbocycles. The lowest BCUT2D eigenvalue weighted by Gasteiger charge is -2.25. The van der Waals surface area contributed by atoms with E-state index in [0.717, 1.165) is 0 Å². The molecule has 0 spiro atoms. The predicted molar refractivity (Wildman–Crippen MR) is 202 cm³/mol. The van der Waals surface area contributed by atoms with Crippen LogP contribution in [0.3, 0.4) is 0 Å². The van der Waals surface area contributed by atoms with Gasteiger partial charge in [0.15, 0.2) is 0 Å². The van der Waals surface area contributed by atoms with Crippen molar-refractivity contribution in [2.75, 3.05) is 11.9 Å². The van der Waals surface area contributed by atoms with Crippen LogP contribution < -0.4 is 4.90 Å². The summed E-state index contributed by atoms with van der Waals surface area (Å²) in [6.07, 6.45) is 0. The van der Waals surface area contributed by atoms with Crippen molar-refractivity contribution in [1.29, 1.82) is 0 Å². The Bertz CT molecular complexity index is 2310. The van der Waals surface area contributed by atoms with E-state index in [-0.39, 0.29) is 5.41 Å². The summed E-state index contributed by atoms with van der Waals surface area (Å²) >= 11 is 0. The second-order valence-corrected chi connectivity index (χ2v) is 13.1. The van der Waals surface area contributed by atoms with Gasteiger partial charge in [0, 0.05) is 40.0 Å². The highest BCUT2D eigenvalue weighted by atomic mass is 15.1. The standard InChI is InChI=1S/C39H32N2.C6H6/c1-25-17-19-26(20-18-25)40(4)27-21-22-32-33(23-27)39(2,3)34-24-37(30-13-5-6-14-31(30)38(32)34)41-35-15-9-7-11-28(35)29-12-8-10-16-36(29)41;1-2-4-6-5-3-1/h5-24H,1-4H3;1-6H. The van der Waals surface area contributed by atoms with E-state index in [1.807, 2.05) is 36.4 Å². The molecule has 0 atom stereocenters. The number of rotatable bonds is 3. The largest absolute Gasteiger partial charge is 0.345 e. The third kappa shape index (κ3) is 4.72. The van der Waals surface area contributed by atoms with Crippen molar-refractivity contribution in [3.05, 3.63) is 174 Å². The Morgan fingerprint density at radius 1 is 0.489 bits per heavy atom. The molecule has 0 unspecified atom stereocenters. The molecule has 0 amide bonds. The molecule has 1 aromatic heterocycles. The van der Waals surface area contributed by atoms with Crippen LogP contribution >= 0.6 is 0 Å². The Hall–Kier alpha value is -5.60. The van der Waals surface area contributed by atoms with Crippen LogP contribution in [-0.4, -0.2) is 11.6 Å². The molecule has 47 heavy (non-hydrogen) atoms. The fourth-order valence-corrected chi connectivity index (χ4v) is 7.43. The molecule has 0 N–H and O–H groups in total. The minimum absolute atomic E-state index is 0.146. The van der Waals surface area contributed by atoms with Gasteiger partial charge >= 0.3 is 0 Å². The Kier molecular flexibility index (Phi) is 6.95. The normalized spacial score (nSPS) is 12.9. The maximum atomic E-state index is 2.48. The lowest BCUT2D eigenvalue weighted by molar-refractivity contribution is 0.660. The molecule has 0 fully saturated rings. The predicted octanol–water partition coefficient (Wildman–Crippen LogP) is 12.0. The van der Waals surface area contributed by atoms with Crippen LogP contribution in [0, 0.1) is 6.92 Å². The topological polar surface area (TPSA) is 8.17 Å². The van der Waals surface area contributed by atoms with Crippen LogP contribution in [-0.2, 0) is 5.41 Å². The first-order valence-electron chi connectivity index (χ1n) is 16.4. The highest BCUT2D eigenvalue weighted by molar-refractivity contribution is 6.12. The molecule has 1 aliphatic carbocycles. The number of anilines is 2. The summed E-state index contributed by atoms with van der Waals surface area (Å²) in [5.41, 5.74) is 12.8. The summed E-state index contributed by atoms with van der Waals surface area (Å²) in [6, 6.07) is 56.8. The fraction of sp³-hybridized carbons (Fsp3) is 0.111. The van der Waals surface area contributed by atoms with E-state index in [4.69, 9.17) is 0 Å². The molecule has 0 saturated carbocycles. The molecule has 2 nitrogen and oxygen atoms in total. The number of hydrogen-bond donors (Lipinski definition) is 0. The zero-order valence-corrected chi connectivity index (χ0v) is 27.4. The van der Waals surface area contributed by atoms with E-state index in [1.54, 1.807) is 0 Å². The Balaban J connectivity index is 0.000000489. The van der Waals surface area contributed by atoms with Gasteiger partial charge in [-0.15, -0.1) is 0 Å². The van der Waals surface area contributed by atoms with Crippen LogP contribution in [0.15, 0.2) is 158 Å². The maximum absolute atomic E-state index is 2.48. The molecular weight excluding hydrogens is 569 g/mol. The van der Waals surface area contributed by atoms with E-state index in [2.05, 4.69) is 159 Å². The first-order chi connectivity index (χ1) is 22.9. The van der Waals surface area contributed by atoms with Gasteiger partial charge < -0.3 is 9.47 Å². The summed E-state index contributed by atoms with van der Waals surface area (Å²) in [6.45, 7) is 6.91. The second kappa shape index (κ2) is 11.3. The van der Waals surface area contributed by atoms with Gasteiger partial charge in [0.05, 0.1) is 16.7 Å². The second-order valence-electron chi connectivity index (χ2n) is 13.1. The molecule has 228 valence electrons. The van der Waals surface area contributed by atoms with Crippen LogP contribution in [0.4, 0.5) is 11.4 Å². The van der Waals surface area contributed by atoms with Crippen LogP contribution in [0.25, 0.3) is 49.4 Å². The van der Waals surface area contributed by atoms with Gasteiger partial charge in [-0.3, -0.25) is 0 Å². The van der Waals surface area contributed by atoms with Crippen molar-refractivity contribution in [1.82, 2.24) is 4.57 Å². The molecule has 9 rings (SSSR count). The van der Waals surface area contributed by atoms with E-state index in [1.165, 1.54) is 77.5 Å². The zero-order valence-electron chi connectivity index (χ0n) is 27.4. The minimum atomic E-state index is -0.146. The van der Waals surface area contributed by atoms with E-state index >= 15 is 0 Å². The number of nitrogens with zero attached hydrogens (tertiary/aromatic N) is 2. The average molecular weight is 607 g/mol. The number of benzene rings is 7. The maximum Gasteiger partial charge on any atom is 0.0544 e. The number of hydrogen-bond acceptors (Lipinski definition) is 1. The van der Waals surface area contributed by atoms with Gasteiger partial charge in [-0.2, -0.15) is 0 Å². The third-order valence-corrected chi connectivity index (χ3v) is 9.94. The summed E-state index contributed by atoms with van der Waals surface area (Å²) in [4.78, 5) is 2.29. The molecule has 0 bridgehead atoms. The van der Waals surface area contributed by atoms with Crippen molar-refractivity contribution < 1.29 is 0 Å². The molecule has 0 aliphatic heterocycles. The molecule has 1 aliphatic rings. The van der Waals surface area contributed by atoms with E-state index < -0.39 is 0 Å². The molecular formula is C45H38N2. The van der Waals surface area contributed by atoms with E-state index in [9.17, 15) is 0 Å². The van der Waals surface area contributed by atoms with E-state index in [0.29, 0.717) is 0 Å². The van der Waals surface area contributed by atoms with Crippen molar-refractivity contribution in [2.24, 2.45) is 0 Å². The van der Waals surface area contributed by atoms with Gasteiger partial charge in [-0.05, 0) is 77.0 Å². The Morgan fingerprint density at radius 2 is 1.00 bits per heavy atom. The van der Waals surface area contributed by atoms with Gasteiger partial charge in [-0.25, -0.2) is 0 Å². The van der Waals surface area contributed by atoms with Crippen LogP contribution in [0.5, 0.6) is 0 Å². The number of fused-ring (bicyclic) bond motifs is 8. The molecule has 0 saturated heterocycles. The van der Waals surface area contributed by atoms with Gasteiger partial charge in [0.2, 0.25) is 0 Å². The van der Waals surface area contributed by atoms with Crippen LogP contribution in [0.2, 0.25) is 0 Å². The highest BCUT2D eigenvalue weighted by Crippen LogP contribution is 2.54. The highest BCUT2D eigenvalue weighted by Gasteiger charge is 2.38. The number of aryl methyl sites for hydroxylation is 1. The van der Waals surface area contributed by atoms with Gasteiger partial charge in [0.1, 0.15) is 0 Å². The lowest BCUT2D eigenvalue weighted by Crippen LogP contribution is -2.17. The number of para-hydroxylation sites is 2. The Labute approximate surface area is 277 Å². The lowest BCUT2D eigenvalue weighted by atomic mass is 9.81. The smallest absolute Gasteiger partial charge is 0.0544 e. The molecule has 1 heterocycles. The number of aromatic nitrogens is 1. The van der Waals surface area contributed by atoms with Crippen molar-refractivity contribution in [3.8, 4) is 16.8 Å². The third-order valence-electron chi connectivity index (χ3n) is 9.94. The van der Waals surface area contributed by atoms with Crippen LogP contribution in [0.1, 0.15) is 30.5 Å². The molecule has 2 heteroatoms. The Morgan fingerprint density at radius 3 is 1.60 bits per heavy atom. The monoisotopic (exact) mass is 606 g/mol. The molecule has 0 radical (unpaired) electrons. The van der Waals surface area contributed by atoms with Crippen molar-refractivity contribution in [2.45, 2.75) is 26.2 Å². The van der Waals surface area contributed by atoms with Gasteiger partial charge in [0.25, 0.3) is 0 Å². The molecule has 8 aromatic rings. The summed E-state index contributed by atoms with van der Waals surface area (Å²) < 4.78 is 2.48. The fourth-order valence-electron chi connectivity index (χ4n) is 7.43.